The molecule has 5 N–H and O–H groups in total. The van der Waals surface area contributed by atoms with Gasteiger partial charge in [0.25, 0.3) is 0 Å². The Bertz CT molecular complexity index is 373. The first-order valence-corrected chi connectivity index (χ1v) is 8.02. The van der Waals surface area contributed by atoms with Gasteiger partial charge >= 0.3 is 13.1 Å². The summed E-state index contributed by atoms with van der Waals surface area (Å²) in [6.45, 7) is 2.87. The largest absolute Gasteiger partial charge is 0.480 e. The molecule has 1 saturated heterocycles. The molecule has 9 heteroatoms. The van der Waals surface area contributed by atoms with Gasteiger partial charge in [-0.2, -0.15) is 0 Å². The van der Waals surface area contributed by atoms with Gasteiger partial charge in [-0.3, -0.25) is 4.79 Å². The lowest BCUT2D eigenvalue weighted by Gasteiger charge is -2.43. The monoisotopic (exact) mass is 370 g/mol. The first kappa shape index (κ1) is 23.0. The third-order valence-corrected chi connectivity index (χ3v) is 5.19. The summed E-state index contributed by atoms with van der Waals surface area (Å²) in [4.78, 5) is 14.0. The highest BCUT2D eigenvalue weighted by molar-refractivity contribution is 6.40. The van der Waals surface area contributed by atoms with E-state index in [-0.39, 0.29) is 43.0 Å². The van der Waals surface area contributed by atoms with Crippen molar-refractivity contribution in [2.45, 2.75) is 50.4 Å². The molecule has 1 aliphatic carbocycles. The zero-order valence-electron chi connectivity index (χ0n) is 13.4. The smallest absolute Gasteiger partial charge is 0.451 e. The van der Waals surface area contributed by atoms with E-state index in [1.165, 1.54) is 12.8 Å². The molecular formula is C14H29BCl2N2O4. The van der Waals surface area contributed by atoms with Gasteiger partial charge in [0.1, 0.15) is 5.54 Å². The highest BCUT2D eigenvalue weighted by Crippen LogP contribution is 2.39. The van der Waals surface area contributed by atoms with Gasteiger partial charge in [0.05, 0.1) is 0 Å². The second-order valence-electron chi connectivity index (χ2n) is 6.76. The van der Waals surface area contributed by atoms with Gasteiger partial charge in [0.2, 0.25) is 0 Å². The van der Waals surface area contributed by atoms with Crippen LogP contribution in [0.25, 0.3) is 0 Å². The van der Waals surface area contributed by atoms with E-state index >= 15 is 0 Å². The van der Waals surface area contributed by atoms with Crippen molar-refractivity contribution in [3.63, 3.8) is 0 Å². The third kappa shape index (κ3) is 6.07. The van der Waals surface area contributed by atoms with Crippen LogP contribution in [-0.2, 0) is 4.79 Å². The number of carboxylic acids is 1. The molecule has 1 aliphatic heterocycles. The Morgan fingerprint density at radius 1 is 1.22 bits per heavy atom. The van der Waals surface area contributed by atoms with Gasteiger partial charge in [-0.05, 0) is 57.4 Å². The fourth-order valence-corrected chi connectivity index (χ4v) is 3.87. The van der Waals surface area contributed by atoms with Crippen molar-refractivity contribution in [2.75, 3.05) is 19.6 Å². The molecule has 3 atom stereocenters. The maximum Gasteiger partial charge on any atom is 0.451 e. The number of carboxylic acid groups (broad SMARTS) is 1. The van der Waals surface area contributed by atoms with Gasteiger partial charge in [-0.1, -0.05) is 6.42 Å². The van der Waals surface area contributed by atoms with Crippen LogP contribution in [0.3, 0.4) is 0 Å². The first-order chi connectivity index (χ1) is 9.91. The second-order valence-corrected chi connectivity index (χ2v) is 6.76. The van der Waals surface area contributed by atoms with Gasteiger partial charge in [0, 0.05) is 12.5 Å². The zero-order chi connectivity index (χ0) is 15.5. The normalized spacial score (nSPS) is 31.1. The number of nitrogens with two attached hydrogens (primary N) is 1. The number of likely N-dealkylation sites (tertiary alicyclic amines) is 1. The summed E-state index contributed by atoms with van der Waals surface area (Å²) in [5.41, 5.74) is 5.10. The molecule has 136 valence electrons. The molecule has 0 aromatic rings. The van der Waals surface area contributed by atoms with Gasteiger partial charge < -0.3 is 25.8 Å². The van der Waals surface area contributed by atoms with Crippen molar-refractivity contribution in [1.82, 2.24) is 4.90 Å². The van der Waals surface area contributed by atoms with E-state index in [4.69, 9.17) is 15.8 Å². The fourth-order valence-electron chi connectivity index (χ4n) is 3.87. The minimum Gasteiger partial charge on any atom is -0.480 e. The van der Waals surface area contributed by atoms with Crippen LogP contribution in [0.1, 0.15) is 38.5 Å². The van der Waals surface area contributed by atoms with E-state index in [9.17, 15) is 9.90 Å². The summed E-state index contributed by atoms with van der Waals surface area (Å²) in [5, 5.41) is 27.5. The average Bonchev–Trinajstić information content (AvgIpc) is 2.92. The Balaban J connectivity index is 0.00000242. The van der Waals surface area contributed by atoms with Crippen molar-refractivity contribution < 1.29 is 19.9 Å². The fraction of sp³-hybridized carbons (Fsp3) is 0.929. The number of rotatable bonds is 6. The van der Waals surface area contributed by atoms with E-state index in [1.54, 1.807) is 0 Å². The lowest BCUT2D eigenvalue weighted by Crippen LogP contribution is -2.59. The van der Waals surface area contributed by atoms with Crippen LogP contribution in [0.2, 0.25) is 6.32 Å². The predicted molar refractivity (Wildman–Crippen MR) is 95.2 cm³/mol. The molecule has 0 radical (unpaired) electrons. The lowest BCUT2D eigenvalue weighted by atomic mass is 9.66. The van der Waals surface area contributed by atoms with Crippen molar-refractivity contribution in [3.05, 3.63) is 0 Å². The summed E-state index contributed by atoms with van der Waals surface area (Å²) in [6, 6.07) is 0. The number of carbonyl (C=O) groups is 1. The maximum absolute atomic E-state index is 11.7. The van der Waals surface area contributed by atoms with E-state index in [0.717, 1.165) is 32.5 Å². The van der Waals surface area contributed by atoms with Crippen LogP contribution in [0.5, 0.6) is 0 Å². The highest BCUT2D eigenvalue weighted by Gasteiger charge is 2.47. The summed E-state index contributed by atoms with van der Waals surface area (Å²) in [5.74, 6) is -0.757. The summed E-state index contributed by atoms with van der Waals surface area (Å²) in [6.07, 6.45) is 5.47. The molecule has 0 aromatic carbocycles. The molecule has 0 bridgehead atoms. The van der Waals surface area contributed by atoms with Crippen LogP contribution < -0.4 is 5.73 Å². The first-order valence-electron chi connectivity index (χ1n) is 8.02. The topological polar surface area (TPSA) is 107 Å². The van der Waals surface area contributed by atoms with E-state index in [1.807, 2.05) is 0 Å². The molecule has 2 rings (SSSR count). The summed E-state index contributed by atoms with van der Waals surface area (Å²) >= 11 is 0. The van der Waals surface area contributed by atoms with E-state index < -0.39 is 18.6 Å². The predicted octanol–water partition coefficient (Wildman–Crippen LogP) is 0.987. The standard InChI is InChI=1S/C14H27BN2O4.2ClH/c16-14(13(18)19)9-11(5-6-15(20)21)3-4-12(14)10-17-7-1-2-8-17;;/h11-12,20-21H,1-10,16H2,(H,18,19);2*1H. The van der Waals surface area contributed by atoms with Crippen LogP contribution in [0.4, 0.5) is 0 Å². The van der Waals surface area contributed by atoms with Crippen LogP contribution in [0, 0.1) is 11.8 Å². The Kier molecular flexibility index (Phi) is 10.0. The number of hydrogen-bond acceptors (Lipinski definition) is 5. The highest BCUT2D eigenvalue weighted by atomic mass is 35.5. The molecule has 2 aliphatic rings. The van der Waals surface area contributed by atoms with Gasteiger partial charge in [-0.15, -0.1) is 24.8 Å². The molecule has 0 aromatic heterocycles. The average molecular weight is 371 g/mol. The number of aliphatic carboxylic acids is 1. The van der Waals surface area contributed by atoms with E-state index in [2.05, 4.69) is 4.90 Å². The maximum atomic E-state index is 11.7. The second kappa shape index (κ2) is 10.1. The molecule has 0 spiro atoms. The molecular weight excluding hydrogens is 342 g/mol. The molecule has 1 saturated carbocycles. The van der Waals surface area contributed by atoms with Crippen molar-refractivity contribution in [3.8, 4) is 0 Å². The number of hydrogen-bond donors (Lipinski definition) is 4. The molecule has 2 fully saturated rings. The summed E-state index contributed by atoms with van der Waals surface area (Å²) in [7, 11) is -1.32. The Morgan fingerprint density at radius 3 is 2.35 bits per heavy atom. The SMILES string of the molecule is Cl.Cl.NC1(C(=O)O)CC(CCB(O)O)CCC1CN1CCCC1. The molecule has 0 amide bonds. The number of halogens is 2. The number of nitrogens with zero attached hydrogens (tertiary/aromatic N) is 1. The van der Waals surface area contributed by atoms with Crippen molar-refractivity contribution in [1.29, 1.82) is 0 Å². The van der Waals surface area contributed by atoms with Crippen LogP contribution in [-0.4, -0.2) is 58.3 Å². The Morgan fingerprint density at radius 2 is 1.83 bits per heavy atom. The van der Waals surface area contributed by atoms with Gasteiger partial charge in [-0.25, -0.2) is 0 Å². The third-order valence-electron chi connectivity index (χ3n) is 5.19. The quantitative estimate of drug-likeness (QED) is 0.519. The minimum absolute atomic E-state index is 0. The molecule has 23 heavy (non-hydrogen) atoms. The Hall–Kier alpha value is -0.0451. The Labute approximate surface area is 150 Å². The van der Waals surface area contributed by atoms with Crippen LogP contribution >= 0.6 is 24.8 Å². The lowest BCUT2D eigenvalue weighted by molar-refractivity contribution is -0.148. The van der Waals surface area contributed by atoms with Crippen molar-refractivity contribution >= 4 is 37.9 Å². The summed E-state index contributed by atoms with van der Waals surface area (Å²) < 4.78 is 0. The van der Waals surface area contributed by atoms with Crippen LogP contribution in [0.15, 0.2) is 0 Å². The van der Waals surface area contributed by atoms with Gasteiger partial charge in [0.15, 0.2) is 0 Å². The molecule has 1 heterocycles. The van der Waals surface area contributed by atoms with E-state index in [0.29, 0.717) is 12.8 Å². The minimum atomic E-state index is -1.32. The molecule has 3 unspecified atom stereocenters. The zero-order valence-corrected chi connectivity index (χ0v) is 15.0. The van der Waals surface area contributed by atoms with Crippen molar-refractivity contribution in [2.24, 2.45) is 17.6 Å². The molecule has 6 nitrogen and oxygen atoms in total.